The predicted molar refractivity (Wildman–Crippen MR) is 98.3 cm³/mol. The molecule has 0 spiro atoms. The fourth-order valence-electron chi connectivity index (χ4n) is 2.44. The van der Waals surface area contributed by atoms with E-state index in [1.165, 1.54) is 6.26 Å². The van der Waals surface area contributed by atoms with Crippen LogP contribution >= 0.6 is 0 Å². The van der Waals surface area contributed by atoms with E-state index in [2.05, 4.69) is 10.3 Å². The van der Waals surface area contributed by atoms with Crippen molar-refractivity contribution in [3.8, 4) is 11.5 Å². The van der Waals surface area contributed by atoms with Crippen LogP contribution in [-0.2, 0) is 17.8 Å². The number of aromatic nitrogens is 1. The number of carbonyl (C=O) groups excluding carboxylic acids is 1. The molecular formula is C20H21N3O2. The van der Waals surface area contributed by atoms with E-state index in [1.54, 1.807) is 0 Å². The van der Waals surface area contributed by atoms with Gasteiger partial charge >= 0.3 is 0 Å². The maximum Gasteiger partial charge on any atom is 0.226 e. The Bertz CT molecular complexity index is 824. The summed E-state index contributed by atoms with van der Waals surface area (Å²) in [5.74, 6) is 0.451. The number of rotatable bonds is 6. The fraction of sp³-hybridized carbons (Fsp3) is 0.200. The molecule has 25 heavy (non-hydrogen) atoms. The van der Waals surface area contributed by atoms with Crippen LogP contribution in [0.4, 0.5) is 5.69 Å². The van der Waals surface area contributed by atoms with Crippen molar-refractivity contribution in [2.24, 2.45) is 0 Å². The van der Waals surface area contributed by atoms with Crippen molar-refractivity contribution in [3.05, 3.63) is 72.1 Å². The summed E-state index contributed by atoms with van der Waals surface area (Å²) in [7, 11) is 4.00. The maximum atomic E-state index is 12.1. The third-order valence-corrected chi connectivity index (χ3v) is 3.86. The van der Waals surface area contributed by atoms with Crippen molar-refractivity contribution >= 4 is 11.6 Å². The molecule has 0 fully saturated rings. The summed E-state index contributed by atoms with van der Waals surface area (Å²) in [4.78, 5) is 18.5. The number of carbonyl (C=O) groups is 1. The molecule has 0 saturated heterocycles. The third-order valence-electron chi connectivity index (χ3n) is 3.86. The van der Waals surface area contributed by atoms with Crippen molar-refractivity contribution in [3.63, 3.8) is 0 Å². The lowest BCUT2D eigenvalue weighted by Gasteiger charge is -2.12. The molecule has 1 amide bonds. The highest BCUT2D eigenvalue weighted by atomic mass is 16.3. The quantitative estimate of drug-likeness (QED) is 0.751. The van der Waals surface area contributed by atoms with Crippen molar-refractivity contribution < 1.29 is 9.21 Å². The number of amides is 1. The molecule has 5 nitrogen and oxygen atoms in total. The van der Waals surface area contributed by atoms with Gasteiger partial charge in [0.15, 0.2) is 0 Å². The summed E-state index contributed by atoms with van der Waals surface area (Å²) in [6.45, 7) is 0.496. The first-order chi connectivity index (χ1) is 12.1. The van der Waals surface area contributed by atoms with Gasteiger partial charge in [-0.2, -0.15) is 0 Å². The van der Waals surface area contributed by atoms with Crippen LogP contribution in [0.15, 0.2) is 65.3 Å². The van der Waals surface area contributed by atoms with Crippen molar-refractivity contribution in [1.29, 1.82) is 0 Å². The monoisotopic (exact) mass is 335 g/mol. The van der Waals surface area contributed by atoms with E-state index in [1.807, 2.05) is 73.6 Å². The fourth-order valence-corrected chi connectivity index (χ4v) is 2.44. The molecule has 0 radical (unpaired) electrons. The Labute approximate surface area is 147 Å². The largest absolute Gasteiger partial charge is 0.444 e. The average Bonchev–Trinajstić information content (AvgIpc) is 3.09. The van der Waals surface area contributed by atoms with E-state index in [0.29, 0.717) is 18.1 Å². The number of nitrogens with zero attached hydrogens (tertiary/aromatic N) is 2. The molecule has 0 atom stereocenters. The Balaban J connectivity index is 1.53. The van der Waals surface area contributed by atoms with Gasteiger partial charge in [0.1, 0.15) is 6.26 Å². The molecule has 0 unspecified atom stereocenters. The first-order valence-corrected chi connectivity index (χ1v) is 8.14. The minimum atomic E-state index is -0.0791. The molecule has 2 aromatic carbocycles. The van der Waals surface area contributed by atoms with Crippen LogP contribution in [0.1, 0.15) is 11.3 Å². The minimum Gasteiger partial charge on any atom is -0.444 e. The first kappa shape index (κ1) is 16.8. The van der Waals surface area contributed by atoms with Gasteiger partial charge in [0.2, 0.25) is 11.8 Å². The van der Waals surface area contributed by atoms with Crippen LogP contribution in [0.2, 0.25) is 0 Å². The smallest absolute Gasteiger partial charge is 0.226 e. The Morgan fingerprint density at radius 1 is 1.08 bits per heavy atom. The molecule has 0 aliphatic rings. The number of nitrogens with one attached hydrogen (secondary N) is 1. The normalized spacial score (nSPS) is 10.5. The number of oxazole rings is 1. The topological polar surface area (TPSA) is 58.4 Å². The van der Waals surface area contributed by atoms with Crippen LogP contribution < -0.4 is 10.2 Å². The number of hydrogen-bond acceptors (Lipinski definition) is 4. The van der Waals surface area contributed by atoms with Crippen LogP contribution in [0.25, 0.3) is 11.5 Å². The second-order valence-electron chi connectivity index (χ2n) is 6.02. The molecule has 1 aromatic heterocycles. The van der Waals surface area contributed by atoms with E-state index in [-0.39, 0.29) is 12.3 Å². The molecule has 0 aliphatic heterocycles. The van der Waals surface area contributed by atoms with Crippen LogP contribution in [0.5, 0.6) is 0 Å². The molecule has 1 N–H and O–H groups in total. The lowest BCUT2D eigenvalue weighted by molar-refractivity contribution is -0.120. The summed E-state index contributed by atoms with van der Waals surface area (Å²) in [6, 6.07) is 17.7. The lowest BCUT2D eigenvalue weighted by Crippen LogP contribution is -2.24. The molecule has 128 valence electrons. The summed E-state index contributed by atoms with van der Waals surface area (Å²) < 4.78 is 5.45. The van der Waals surface area contributed by atoms with Gasteiger partial charge in [0.05, 0.1) is 12.1 Å². The third kappa shape index (κ3) is 4.47. The van der Waals surface area contributed by atoms with E-state index in [0.717, 1.165) is 16.8 Å². The Morgan fingerprint density at radius 3 is 2.48 bits per heavy atom. The molecule has 1 heterocycles. The van der Waals surface area contributed by atoms with Gasteiger partial charge in [-0.1, -0.05) is 30.3 Å². The standard InChI is InChI=1S/C20H21N3O2/c1-23(2)18-10-8-15(9-11-18)13-21-19(24)12-17-14-25-20(22-17)16-6-4-3-5-7-16/h3-11,14H,12-13H2,1-2H3,(H,21,24). The summed E-state index contributed by atoms with van der Waals surface area (Å²) >= 11 is 0. The molecule has 3 aromatic rings. The Morgan fingerprint density at radius 2 is 1.80 bits per heavy atom. The maximum absolute atomic E-state index is 12.1. The second-order valence-corrected chi connectivity index (χ2v) is 6.02. The number of anilines is 1. The zero-order valence-electron chi connectivity index (χ0n) is 14.4. The second kappa shape index (κ2) is 7.66. The summed E-state index contributed by atoms with van der Waals surface area (Å²) in [5, 5.41) is 2.91. The number of benzene rings is 2. The average molecular weight is 335 g/mol. The lowest BCUT2D eigenvalue weighted by atomic mass is 10.2. The first-order valence-electron chi connectivity index (χ1n) is 8.14. The van der Waals surface area contributed by atoms with Crippen molar-refractivity contribution in [2.45, 2.75) is 13.0 Å². The van der Waals surface area contributed by atoms with Gasteiger partial charge in [-0.05, 0) is 29.8 Å². The van der Waals surface area contributed by atoms with E-state index in [4.69, 9.17) is 4.42 Å². The highest BCUT2D eigenvalue weighted by Crippen LogP contribution is 2.18. The van der Waals surface area contributed by atoms with E-state index < -0.39 is 0 Å². The Kier molecular flexibility index (Phi) is 5.14. The molecule has 0 saturated carbocycles. The van der Waals surface area contributed by atoms with Crippen LogP contribution in [0, 0.1) is 0 Å². The number of hydrogen-bond donors (Lipinski definition) is 1. The van der Waals surface area contributed by atoms with Gasteiger partial charge in [-0.3, -0.25) is 4.79 Å². The summed E-state index contributed by atoms with van der Waals surface area (Å²) in [5.41, 5.74) is 3.71. The van der Waals surface area contributed by atoms with Gasteiger partial charge in [0, 0.05) is 31.9 Å². The SMILES string of the molecule is CN(C)c1ccc(CNC(=O)Cc2coc(-c3ccccc3)n2)cc1. The molecular weight excluding hydrogens is 314 g/mol. The van der Waals surface area contributed by atoms with E-state index >= 15 is 0 Å². The predicted octanol–water partition coefficient (Wildman–Crippen LogP) is 3.27. The van der Waals surface area contributed by atoms with Gasteiger partial charge in [-0.15, -0.1) is 0 Å². The zero-order chi connectivity index (χ0) is 17.6. The van der Waals surface area contributed by atoms with Crippen LogP contribution in [0.3, 0.4) is 0 Å². The summed E-state index contributed by atoms with van der Waals surface area (Å²) in [6.07, 6.45) is 1.74. The zero-order valence-corrected chi connectivity index (χ0v) is 14.4. The minimum absolute atomic E-state index is 0.0791. The highest BCUT2D eigenvalue weighted by Gasteiger charge is 2.10. The van der Waals surface area contributed by atoms with Gasteiger partial charge < -0.3 is 14.6 Å². The van der Waals surface area contributed by atoms with Crippen molar-refractivity contribution in [1.82, 2.24) is 10.3 Å². The van der Waals surface area contributed by atoms with Gasteiger partial charge in [0.25, 0.3) is 0 Å². The van der Waals surface area contributed by atoms with E-state index in [9.17, 15) is 4.79 Å². The molecule has 0 aliphatic carbocycles. The molecule has 5 heteroatoms. The van der Waals surface area contributed by atoms with Gasteiger partial charge in [-0.25, -0.2) is 4.98 Å². The molecule has 0 bridgehead atoms. The van der Waals surface area contributed by atoms with Crippen LogP contribution in [-0.4, -0.2) is 25.0 Å². The molecule has 3 rings (SSSR count). The highest BCUT2D eigenvalue weighted by molar-refractivity contribution is 5.78. The Hall–Kier alpha value is -3.08. The van der Waals surface area contributed by atoms with Crippen molar-refractivity contribution in [2.75, 3.05) is 19.0 Å².